The second-order valence-electron chi connectivity index (χ2n) is 8.48. The predicted molar refractivity (Wildman–Crippen MR) is 135 cm³/mol. The van der Waals surface area contributed by atoms with E-state index < -0.39 is 0 Å². The molecule has 2 unspecified atom stereocenters. The average molecular weight is 407 g/mol. The fourth-order valence-corrected chi connectivity index (χ4v) is 3.43. The van der Waals surface area contributed by atoms with E-state index in [1.807, 2.05) is 6.08 Å². The number of allylic oxidation sites excluding steroid dienone is 4. The Morgan fingerprint density at radius 3 is 2.23 bits per heavy atom. The van der Waals surface area contributed by atoms with Crippen LogP contribution in [0.25, 0.3) is 0 Å². The van der Waals surface area contributed by atoms with E-state index in [0.29, 0.717) is 11.8 Å². The van der Waals surface area contributed by atoms with Gasteiger partial charge in [0.15, 0.2) is 0 Å². The molecule has 2 heteroatoms. The molecular weight excluding hydrogens is 364 g/mol. The van der Waals surface area contributed by atoms with Gasteiger partial charge in [0, 0.05) is 24.0 Å². The van der Waals surface area contributed by atoms with Gasteiger partial charge >= 0.3 is 0 Å². The molecule has 0 bridgehead atoms. The van der Waals surface area contributed by atoms with Gasteiger partial charge in [-0.1, -0.05) is 82.5 Å². The Bertz CT molecular complexity index is 762. The highest BCUT2D eigenvalue weighted by atomic mass is 14.9. The molecule has 0 heterocycles. The third-order valence-corrected chi connectivity index (χ3v) is 5.66. The van der Waals surface area contributed by atoms with Crippen molar-refractivity contribution in [3.63, 3.8) is 0 Å². The van der Waals surface area contributed by atoms with Gasteiger partial charge in [0.1, 0.15) is 0 Å². The summed E-state index contributed by atoms with van der Waals surface area (Å²) in [6.07, 6.45) is 8.33. The van der Waals surface area contributed by atoms with E-state index in [1.165, 1.54) is 22.3 Å². The third-order valence-electron chi connectivity index (χ3n) is 5.66. The number of rotatable bonds is 13. The van der Waals surface area contributed by atoms with E-state index >= 15 is 0 Å². The normalized spacial score (nSPS) is 14.2. The summed E-state index contributed by atoms with van der Waals surface area (Å²) >= 11 is 0. The van der Waals surface area contributed by atoms with Crippen molar-refractivity contribution in [2.45, 2.75) is 66.3 Å². The monoisotopic (exact) mass is 406 g/mol. The minimum atomic E-state index is 0.170. The fraction of sp³-hybridized carbons (Fsp3) is 0.429. The predicted octanol–water partition coefficient (Wildman–Crippen LogP) is 7.19. The average Bonchev–Trinajstić information content (AvgIpc) is 2.71. The van der Waals surface area contributed by atoms with Crippen LogP contribution in [0.3, 0.4) is 0 Å². The van der Waals surface area contributed by atoms with Crippen LogP contribution in [0.1, 0.15) is 64.5 Å². The first kappa shape index (κ1) is 25.6. The Balaban J connectivity index is 2.62. The lowest BCUT2D eigenvalue weighted by Crippen LogP contribution is -2.29. The Kier molecular flexibility index (Phi) is 11.0. The first-order valence-electron chi connectivity index (χ1n) is 11.1. The van der Waals surface area contributed by atoms with Gasteiger partial charge in [0.05, 0.1) is 0 Å². The zero-order valence-corrected chi connectivity index (χ0v) is 20.0. The number of benzene rings is 1. The zero-order chi connectivity index (χ0) is 22.7. The molecule has 1 rings (SSSR count). The molecule has 0 spiro atoms. The van der Waals surface area contributed by atoms with E-state index in [-0.39, 0.29) is 6.04 Å². The lowest BCUT2D eigenvalue weighted by Gasteiger charge is -2.21. The topological polar surface area (TPSA) is 24.1 Å². The molecule has 0 saturated carbocycles. The molecule has 0 aliphatic heterocycles. The van der Waals surface area contributed by atoms with Crippen LogP contribution in [0, 0.1) is 12.8 Å². The zero-order valence-electron chi connectivity index (χ0n) is 20.0. The highest BCUT2D eigenvalue weighted by molar-refractivity contribution is 5.37. The molecule has 0 amide bonds. The van der Waals surface area contributed by atoms with Crippen LogP contribution in [0.2, 0.25) is 0 Å². The Labute approximate surface area is 185 Å². The Morgan fingerprint density at radius 2 is 1.70 bits per heavy atom. The second-order valence-corrected chi connectivity index (χ2v) is 8.48. The maximum absolute atomic E-state index is 4.16. The summed E-state index contributed by atoms with van der Waals surface area (Å²) in [6.45, 7) is 26.1. The van der Waals surface area contributed by atoms with E-state index in [1.54, 1.807) is 0 Å². The van der Waals surface area contributed by atoms with Gasteiger partial charge < -0.3 is 10.6 Å². The molecule has 0 fully saturated rings. The molecule has 164 valence electrons. The molecule has 0 saturated heterocycles. The lowest BCUT2D eigenvalue weighted by molar-refractivity contribution is 0.585. The Hall–Kier alpha value is -2.48. The van der Waals surface area contributed by atoms with Crippen molar-refractivity contribution in [2.75, 3.05) is 6.54 Å². The summed E-state index contributed by atoms with van der Waals surface area (Å²) < 4.78 is 0. The standard InChI is InChI=1S/C28H42N2/c1-10-26(27-16-12-21(5)13-17-27)18-19-29-23(7)15-14-22(6)28(11-2)25(9)30-24(8)20(3)4/h11-17,20,25-26,29-30H,2,7-8,10,18-19H2,1,3-6,9H3/b15-14?,28-22+. The van der Waals surface area contributed by atoms with Crippen molar-refractivity contribution >= 4 is 0 Å². The summed E-state index contributed by atoms with van der Waals surface area (Å²) in [6, 6.07) is 9.08. The van der Waals surface area contributed by atoms with Crippen molar-refractivity contribution < 1.29 is 0 Å². The van der Waals surface area contributed by atoms with Crippen LogP contribution in [0.5, 0.6) is 0 Å². The number of aryl methyl sites for hydroxylation is 1. The molecule has 1 aromatic rings. The van der Waals surface area contributed by atoms with Gasteiger partial charge in [-0.15, -0.1) is 0 Å². The number of hydrogen-bond donors (Lipinski definition) is 2. The quantitative estimate of drug-likeness (QED) is 0.339. The number of hydrogen-bond acceptors (Lipinski definition) is 2. The van der Waals surface area contributed by atoms with Gasteiger partial charge in [0.25, 0.3) is 0 Å². The van der Waals surface area contributed by atoms with Crippen molar-refractivity contribution in [3.8, 4) is 0 Å². The minimum Gasteiger partial charge on any atom is -0.386 e. The molecule has 30 heavy (non-hydrogen) atoms. The molecular formula is C28H42N2. The Morgan fingerprint density at radius 1 is 1.07 bits per heavy atom. The van der Waals surface area contributed by atoms with Gasteiger partial charge in [-0.25, -0.2) is 0 Å². The second kappa shape index (κ2) is 13.0. The highest BCUT2D eigenvalue weighted by Crippen LogP contribution is 2.23. The van der Waals surface area contributed by atoms with Crippen LogP contribution in [-0.2, 0) is 0 Å². The maximum atomic E-state index is 4.16. The molecule has 2 N–H and O–H groups in total. The van der Waals surface area contributed by atoms with Gasteiger partial charge in [-0.3, -0.25) is 0 Å². The summed E-state index contributed by atoms with van der Waals surface area (Å²) in [5.41, 5.74) is 7.06. The largest absolute Gasteiger partial charge is 0.386 e. The molecule has 0 radical (unpaired) electrons. The van der Waals surface area contributed by atoms with Crippen LogP contribution < -0.4 is 10.6 Å². The van der Waals surface area contributed by atoms with Crippen LogP contribution in [0.4, 0.5) is 0 Å². The summed E-state index contributed by atoms with van der Waals surface area (Å²) in [5.74, 6) is 0.982. The van der Waals surface area contributed by atoms with Crippen molar-refractivity contribution in [3.05, 3.63) is 95.9 Å². The van der Waals surface area contributed by atoms with Gasteiger partial charge in [0.2, 0.25) is 0 Å². The molecule has 2 atom stereocenters. The first-order chi connectivity index (χ1) is 14.2. The first-order valence-corrected chi connectivity index (χ1v) is 11.1. The van der Waals surface area contributed by atoms with Crippen molar-refractivity contribution in [1.29, 1.82) is 0 Å². The minimum absolute atomic E-state index is 0.170. The van der Waals surface area contributed by atoms with E-state index in [2.05, 4.69) is 108 Å². The van der Waals surface area contributed by atoms with Crippen LogP contribution >= 0.6 is 0 Å². The highest BCUT2D eigenvalue weighted by Gasteiger charge is 2.11. The maximum Gasteiger partial charge on any atom is 0.0484 e. The van der Waals surface area contributed by atoms with E-state index in [0.717, 1.165) is 30.8 Å². The fourth-order valence-electron chi connectivity index (χ4n) is 3.43. The van der Waals surface area contributed by atoms with Crippen molar-refractivity contribution in [2.24, 2.45) is 5.92 Å². The van der Waals surface area contributed by atoms with Crippen molar-refractivity contribution in [1.82, 2.24) is 10.6 Å². The molecule has 0 aliphatic carbocycles. The third kappa shape index (κ3) is 8.49. The summed E-state index contributed by atoms with van der Waals surface area (Å²) in [4.78, 5) is 0. The molecule has 2 nitrogen and oxygen atoms in total. The SMILES string of the molecule is C=C/C(=C(/C)C=CC(=C)NCCC(CC)c1ccc(C)cc1)C(C)NC(=C)C(C)C. The molecule has 0 aromatic heterocycles. The number of nitrogens with one attached hydrogen (secondary N) is 2. The molecule has 0 aliphatic rings. The van der Waals surface area contributed by atoms with Crippen LogP contribution in [0.15, 0.2) is 84.8 Å². The lowest BCUT2D eigenvalue weighted by atomic mass is 9.92. The van der Waals surface area contributed by atoms with Gasteiger partial charge in [-0.05, 0) is 68.2 Å². The van der Waals surface area contributed by atoms with Gasteiger partial charge in [-0.2, -0.15) is 0 Å². The van der Waals surface area contributed by atoms with E-state index in [4.69, 9.17) is 0 Å². The summed E-state index contributed by atoms with van der Waals surface area (Å²) in [5, 5.41) is 6.93. The summed E-state index contributed by atoms with van der Waals surface area (Å²) in [7, 11) is 0. The van der Waals surface area contributed by atoms with Crippen LogP contribution in [-0.4, -0.2) is 12.6 Å². The van der Waals surface area contributed by atoms with E-state index in [9.17, 15) is 0 Å². The smallest absolute Gasteiger partial charge is 0.0484 e. The molecule has 1 aromatic carbocycles.